The van der Waals surface area contributed by atoms with Gasteiger partial charge >= 0.3 is 6.18 Å². The molecule has 0 saturated carbocycles. The van der Waals surface area contributed by atoms with E-state index in [-0.39, 0.29) is 17.0 Å². The Balaban J connectivity index is 2.06. The van der Waals surface area contributed by atoms with Crippen molar-refractivity contribution in [1.82, 2.24) is 9.88 Å². The molecule has 1 amide bonds. The molecule has 0 bridgehead atoms. The predicted octanol–water partition coefficient (Wildman–Crippen LogP) is 1.83. The third-order valence-corrected chi connectivity index (χ3v) is 5.18. The molecule has 0 fully saturated rings. The van der Waals surface area contributed by atoms with Crippen LogP contribution >= 0.6 is 0 Å². The highest BCUT2D eigenvalue weighted by Crippen LogP contribution is 2.30. The summed E-state index contributed by atoms with van der Waals surface area (Å²) in [4.78, 5) is 18.7. The van der Waals surface area contributed by atoms with Gasteiger partial charge in [-0.25, -0.2) is 18.5 Å². The number of amides is 1. The van der Waals surface area contributed by atoms with Crippen LogP contribution < -0.4 is 10.0 Å². The molecule has 8 nitrogen and oxygen atoms in total. The highest BCUT2D eigenvalue weighted by molar-refractivity contribution is 7.89. The molecule has 1 aromatic carbocycles. The molecule has 0 radical (unpaired) electrons. The van der Waals surface area contributed by atoms with E-state index in [0.29, 0.717) is 12.2 Å². The van der Waals surface area contributed by atoms with Crippen molar-refractivity contribution in [2.24, 2.45) is 5.14 Å². The fourth-order valence-corrected chi connectivity index (χ4v) is 3.05. The van der Waals surface area contributed by atoms with E-state index in [1.54, 1.807) is 24.1 Å². The maximum Gasteiger partial charge on any atom is 0.434 e. The third-order valence-electron chi connectivity index (χ3n) is 4.25. The van der Waals surface area contributed by atoms with Gasteiger partial charge in [-0.3, -0.25) is 4.79 Å². The Morgan fingerprint density at radius 3 is 2.30 bits per heavy atom. The highest BCUT2D eigenvalue weighted by Gasteiger charge is 2.36. The van der Waals surface area contributed by atoms with Crippen molar-refractivity contribution in [2.45, 2.75) is 11.1 Å². The summed E-state index contributed by atoms with van der Waals surface area (Å²) < 4.78 is 61.1. The minimum absolute atomic E-state index is 0.0324. The number of rotatable bonds is 6. The summed E-state index contributed by atoms with van der Waals surface area (Å²) in [6.07, 6.45) is -4.00. The van der Waals surface area contributed by atoms with E-state index in [1.165, 1.54) is 30.1 Å². The number of carbonyl (C=O) groups is 1. The van der Waals surface area contributed by atoms with Gasteiger partial charge in [0.2, 0.25) is 10.0 Å². The van der Waals surface area contributed by atoms with Gasteiger partial charge in [0.1, 0.15) is 6.07 Å². The van der Waals surface area contributed by atoms with Crippen LogP contribution in [-0.2, 0) is 16.2 Å². The van der Waals surface area contributed by atoms with Gasteiger partial charge < -0.3 is 9.80 Å². The Labute approximate surface area is 171 Å². The molecule has 0 spiro atoms. The number of primary sulfonamides is 1. The van der Waals surface area contributed by atoms with Gasteiger partial charge in [0.05, 0.1) is 16.0 Å². The Morgan fingerprint density at radius 2 is 1.80 bits per heavy atom. The standard InChI is InChI=1S/C18H18F3N5O3S/c1-25(14-3-5-15(6-4-14)30(23,28)29)7-8-26(2)17(27)13-9-12(10-22)16(24-11-13)18(19,20)21/h3-6,9,11H,7-8H2,1-2H3,(H2,23,28,29). The number of sulfonamides is 1. The molecule has 0 aliphatic carbocycles. The lowest BCUT2D eigenvalue weighted by Gasteiger charge is -2.24. The van der Waals surface area contributed by atoms with E-state index in [4.69, 9.17) is 10.4 Å². The van der Waals surface area contributed by atoms with E-state index >= 15 is 0 Å². The van der Waals surface area contributed by atoms with Crippen molar-refractivity contribution in [1.29, 1.82) is 5.26 Å². The summed E-state index contributed by atoms with van der Waals surface area (Å²) in [5.74, 6) is -0.592. The second kappa shape index (κ2) is 8.68. The maximum absolute atomic E-state index is 12.8. The lowest BCUT2D eigenvalue weighted by molar-refractivity contribution is -0.141. The van der Waals surface area contributed by atoms with E-state index in [2.05, 4.69) is 4.98 Å². The Hall–Kier alpha value is -3.17. The molecular formula is C18H18F3N5O3S. The van der Waals surface area contributed by atoms with Crippen LogP contribution in [0.2, 0.25) is 0 Å². The number of aromatic nitrogens is 1. The second-order valence-corrected chi connectivity index (χ2v) is 7.98. The number of pyridine rings is 1. The number of nitriles is 1. The van der Waals surface area contributed by atoms with Crippen LogP contribution in [0.5, 0.6) is 0 Å². The molecule has 1 heterocycles. The van der Waals surface area contributed by atoms with Gasteiger partial charge in [0, 0.05) is 39.1 Å². The third kappa shape index (κ3) is 5.46. The fraction of sp³-hybridized carbons (Fsp3) is 0.278. The monoisotopic (exact) mass is 441 g/mol. The van der Waals surface area contributed by atoms with Crippen LogP contribution in [0.15, 0.2) is 41.4 Å². The van der Waals surface area contributed by atoms with Gasteiger partial charge in [-0.2, -0.15) is 18.4 Å². The number of carbonyl (C=O) groups excluding carboxylic acids is 1. The van der Waals surface area contributed by atoms with Crippen LogP contribution in [-0.4, -0.2) is 51.4 Å². The molecule has 0 atom stereocenters. The summed E-state index contributed by atoms with van der Waals surface area (Å²) in [7, 11) is -0.619. The molecule has 2 N–H and O–H groups in total. The number of anilines is 1. The van der Waals surface area contributed by atoms with E-state index in [0.717, 1.165) is 12.3 Å². The quantitative estimate of drug-likeness (QED) is 0.730. The van der Waals surface area contributed by atoms with Crippen molar-refractivity contribution in [2.75, 3.05) is 32.1 Å². The van der Waals surface area contributed by atoms with Gasteiger partial charge in [-0.1, -0.05) is 0 Å². The average molecular weight is 441 g/mol. The molecule has 160 valence electrons. The van der Waals surface area contributed by atoms with Crippen molar-refractivity contribution in [3.63, 3.8) is 0 Å². The van der Waals surface area contributed by atoms with Crippen LogP contribution in [0.25, 0.3) is 0 Å². The molecule has 0 saturated heterocycles. The van der Waals surface area contributed by atoms with Crippen molar-refractivity contribution < 1.29 is 26.4 Å². The summed E-state index contributed by atoms with van der Waals surface area (Å²) in [5.41, 5.74) is -1.53. The summed E-state index contributed by atoms with van der Waals surface area (Å²) >= 11 is 0. The van der Waals surface area contributed by atoms with Crippen molar-refractivity contribution in [3.05, 3.63) is 53.3 Å². The maximum atomic E-state index is 12.8. The van der Waals surface area contributed by atoms with Crippen LogP contribution in [0.4, 0.5) is 18.9 Å². The normalized spacial score (nSPS) is 11.6. The first-order valence-electron chi connectivity index (χ1n) is 8.41. The molecule has 0 aliphatic rings. The number of hydrogen-bond acceptors (Lipinski definition) is 6. The van der Waals surface area contributed by atoms with Gasteiger partial charge in [0.25, 0.3) is 5.91 Å². The summed E-state index contributed by atoms with van der Waals surface area (Å²) in [6.45, 7) is 0.547. The Morgan fingerprint density at radius 1 is 1.20 bits per heavy atom. The first-order chi connectivity index (χ1) is 13.8. The molecular weight excluding hydrogens is 423 g/mol. The fourth-order valence-electron chi connectivity index (χ4n) is 2.53. The Bertz CT molecular complexity index is 1080. The molecule has 1 aromatic heterocycles. The zero-order valence-corrected chi connectivity index (χ0v) is 16.8. The van der Waals surface area contributed by atoms with Crippen LogP contribution in [0.3, 0.4) is 0 Å². The lowest BCUT2D eigenvalue weighted by atomic mass is 10.1. The molecule has 2 rings (SSSR count). The lowest BCUT2D eigenvalue weighted by Crippen LogP contribution is -2.35. The smallest absolute Gasteiger partial charge is 0.373 e. The number of nitrogens with two attached hydrogens (primary N) is 1. The second-order valence-electron chi connectivity index (χ2n) is 6.42. The van der Waals surface area contributed by atoms with Gasteiger partial charge in [-0.15, -0.1) is 0 Å². The number of likely N-dealkylation sites (N-methyl/N-ethyl adjacent to an activating group) is 2. The summed E-state index contributed by atoms with van der Waals surface area (Å²) in [5, 5.41) is 14.0. The SMILES string of the molecule is CN(CCN(C)c1ccc(S(N)(=O)=O)cc1)C(=O)c1cnc(C(F)(F)F)c(C#N)c1. The molecule has 0 unspecified atom stereocenters. The Kier molecular flexibility index (Phi) is 6.69. The van der Waals surface area contributed by atoms with Crippen molar-refractivity contribution in [3.8, 4) is 6.07 Å². The van der Waals surface area contributed by atoms with E-state index in [9.17, 15) is 26.4 Å². The van der Waals surface area contributed by atoms with E-state index in [1.807, 2.05) is 0 Å². The van der Waals surface area contributed by atoms with Gasteiger partial charge in [0.15, 0.2) is 5.69 Å². The number of halogens is 3. The number of hydrogen-bond donors (Lipinski definition) is 1. The highest BCUT2D eigenvalue weighted by atomic mass is 32.2. The number of alkyl halides is 3. The average Bonchev–Trinajstić information content (AvgIpc) is 2.69. The molecule has 2 aromatic rings. The first kappa shape index (κ1) is 23.1. The topological polar surface area (TPSA) is 120 Å². The first-order valence-corrected chi connectivity index (χ1v) is 9.96. The van der Waals surface area contributed by atoms with E-state index < -0.39 is 33.4 Å². The van der Waals surface area contributed by atoms with Crippen LogP contribution in [0.1, 0.15) is 21.6 Å². The predicted molar refractivity (Wildman–Crippen MR) is 102 cm³/mol. The molecule has 30 heavy (non-hydrogen) atoms. The molecule has 12 heteroatoms. The minimum Gasteiger partial charge on any atom is -0.373 e. The number of benzene rings is 1. The number of nitrogens with zero attached hydrogens (tertiary/aromatic N) is 4. The minimum atomic E-state index is -4.79. The largest absolute Gasteiger partial charge is 0.434 e. The van der Waals surface area contributed by atoms with Crippen LogP contribution in [0, 0.1) is 11.3 Å². The molecule has 0 aliphatic heterocycles. The zero-order chi connectivity index (χ0) is 22.7. The summed E-state index contributed by atoms with van der Waals surface area (Å²) in [6, 6.07) is 8.10. The van der Waals surface area contributed by atoms with Gasteiger partial charge in [-0.05, 0) is 30.3 Å². The zero-order valence-electron chi connectivity index (χ0n) is 16.0. The van der Waals surface area contributed by atoms with Crippen molar-refractivity contribution >= 4 is 21.6 Å².